The molecule has 2 aromatic carbocycles. The van der Waals surface area contributed by atoms with Crippen LogP contribution in [0, 0.1) is 6.92 Å². The lowest BCUT2D eigenvalue weighted by atomic mass is 10.1. The first-order valence-electron chi connectivity index (χ1n) is 12.6. The topological polar surface area (TPSA) is 105 Å². The Kier molecular flexibility index (Phi) is 9.79. The van der Waals surface area contributed by atoms with E-state index in [1.165, 1.54) is 4.31 Å². The summed E-state index contributed by atoms with van der Waals surface area (Å²) < 4.78 is 37.6. The number of ether oxygens (including phenoxy) is 2. The fourth-order valence-corrected chi connectivity index (χ4v) is 5.10. The van der Waals surface area contributed by atoms with Crippen LogP contribution >= 0.6 is 0 Å². The summed E-state index contributed by atoms with van der Waals surface area (Å²) in [6, 6.07) is 12.1. The van der Waals surface area contributed by atoms with Crippen molar-refractivity contribution in [3.05, 3.63) is 53.6 Å². The number of amides is 2. The Bertz CT molecular complexity index is 1200. The van der Waals surface area contributed by atoms with Crippen LogP contribution in [-0.2, 0) is 26.2 Å². The summed E-state index contributed by atoms with van der Waals surface area (Å²) in [4.78, 5) is 27.7. The van der Waals surface area contributed by atoms with Crippen molar-refractivity contribution >= 4 is 27.5 Å². The van der Waals surface area contributed by atoms with Gasteiger partial charge in [0.25, 0.3) is 0 Å². The number of fused-ring (bicyclic) bond motifs is 1. The number of aryl methyl sites for hydroxylation is 1. The fraction of sp³-hybridized carbons (Fsp3) is 0.481. The van der Waals surface area contributed by atoms with Crippen LogP contribution in [0.25, 0.3) is 0 Å². The minimum absolute atomic E-state index is 0.0911. The molecule has 2 aromatic rings. The van der Waals surface area contributed by atoms with Crippen molar-refractivity contribution in [3.8, 4) is 11.5 Å². The van der Waals surface area contributed by atoms with Crippen molar-refractivity contribution in [1.82, 2.24) is 10.2 Å². The normalized spacial score (nSPS) is 13.5. The summed E-state index contributed by atoms with van der Waals surface area (Å²) >= 11 is 0. The molecule has 202 valence electrons. The standard InChI is InChI=1S/C27H37N3O6S/c1-5-14-28-27(32)21(3)29(19-22-10-7-6-9-20(22)2)26(31)11-8-15-30(37(4,33)34)23-12-13-24-25(18-23)36-17-16-35-24/h6-7,9-10,12-13,18,21H,5,8,11,14-17,19H2,1-4H3,(H,28,32). The third-order valence-corrected chi connectivity index (χ3v) is 7.48. The van der Waals surface area contributed by atoms with Crippen molar-refractivity contribution < 1.29 is 27.5 Å². The van der Waals surface area contributed by atoms with Gasteiger partial charge in [0.2, 0.25) is 21.8 Å². The lowest BCUT2D eigenvalue weighted by Gasteiger charge is -2.30. The van der Waals surface area contributed by atoms with Crippen LogP contribution in [0.1, 0.15) is 44.2 Å². The molecule has 1 heterocycles. The van der Waals surface area contributed by atoms with E-state index in [2.05, 4.69) is 5.32 Å². The highest BCUT2D eigenvalue weighted by Crippen LogP contribution is 2.34. The van der Waals surface area contributed by atoms with E-state index in [0.29, 0.717) is 43.5 Å². The third kappa shape index (κ3) is 7.61. The Hall–Kier alpha value is -3.27. The molecule has 1 aliphatic rings. The van der Waals surface area contributed by atoms with E-state index in [-0.39, 0.29) is 31.2 Å². The van der Waals surface area contributed by atoms with Gasteiger partial charge in [0.15, 0.2) is 11.5 Å². The van der Waals surface area contributed by atoms with E-state index in [0.717, 1.165) is 23.8 Å². The first-order valence-corrected chi connectivity index (χ1v) is 14.5. The number of rotatable bonds is 12. The molecule has 1 atom stereocenters. The molecule has 0 radical (unpaired) electrons. The molecule has 0 spiro atoms. The predicted molar refractivity (Wildman–Crippen MR) is 143 cm³/mol. The molecule has 0 bridgehead atoms. The number of nitrogens with one attached hydrogen (secondary N) is 1. The zero-order valence-corrected chi connectivity index (χ0v) is 22.8. The van der Waals surface area contributed by atoms with Gasteiger partial charge in [-0.25, -0.2) is 8.42 Å². The highest BCUT2D eigenvalue weighted by molar-refractivity contribution is 7.92. The predicted octanol–water partition coefficient (Wildman–Crippen LogP) is 3.26. The monoisotopic (exact) mass is 531 g/mol. The summed E-state index contributed by atoms with van der Waals surface area (Å²) in [7, 11) is -3.61. The van der Waals surface area contributed by atoms with E-state index < -0.39 is 16.1 Å². The molecule has 9 nitrogen and oxygen atoms in total. The smallest absolute Gasteiger partial charge is 0.242 e. The van der Waals surface area contributed by atoms with Gasteiger partial charge in [-0.1, -0.05) is 31.2 Å². The Labute approximate surface area is 219 Å². The molecule has 10 heteroatoms. The molecule has 37 heavy (non-hydrogen) atoms. The van der Waals surface area contributed by atoms with Gasteiger partial charge in [0, 0.05) is 32.1 Å². The molecule has 1 unspecified atom stereocenters. The van der Waals surface area contributed by atoms with E-state index in [4.69, 9.17) is 9.47 Å². The maximum Gasteiger partial charge on any atom is 0.242 e. The molecule has 3 rings (SSSR count). The number of carbonyl (C=O) groups is 2. The maximum absolute atomic E-state index is 13.4. The second kappa shape index (κ2) is 12.8. The minimum Gasteiger partial charge on any atom is -0.486 e. The number of hydrogen-bond acceptors (Lipinski definition) is 6. The number of anilines is 1. The second-order valence-corrected chi connectivity index (χ2v) is 11.1. The van der Waals surface area contributed by atoms with Crippen molar-refractivity contribution in [2.75, 3.05) is 36.9 Å². The SMILES string of the molecule is CCCNC(=O)C(C)N(Cc1ccccc1C)C(=O)CCCN(c1ccc2c(c1)OCCO2)S(C)(=O)=O. The van der Waals surface area contributed by atoms with Crippen LogP contribution in [0.3, 0.4) is 0 Å². The van der Waals surface area contributed by atoms with Gasteiger partial charge < -0.3 is 19.7 Å². The fourth-order valence-electron chi connectivity index (χ4n) is 4.14. The van der Waals surface area contributed by atoms with Gasteiger partial charge in [0.05, 0.1) is 11.9 Å². The number of hydrogen-bond donors (Lipinski definition) is 1. The van der Waals surface area contributed by atoms with Gasteiger partial charge in [-0.2, -0.15) is 0 Å². The van der Waals surface area contributed by atoms with Crippen LogP contribution in [0.2, 0.25) is 0 Å². The molecule has 0 saturated heterocycles. The van der Waals surface area contributed by atoms with Crippen LogP contribution in [0.4, 0.5) is 5.69 Å². The summed E-state index contributed by atoms with van der Waals surface area (Å²) in [6.45, 7) is 7.44. The van der Waals surface area contributed by atoms with Gasteiger partial charge >= 0.3 is 0 Å². The zero-order valence-electron chi connectivity index (χ0n) is 22.0. The van der Waals surface area contributed by atoms with E-state index in [1.807, 2.05) is 38.1 Å². The minimum atomic E-state index is -3.61. The van der Waals surface area contributed by atoms with Crippen molar-refractivity contribution in [1.29, 1.82) is 0 Å². The first kappa shape index (κ1) is 28.3. The maximum atomic E-state index is 13.4. The largest absolute Gasteiger partial charge is 0.486 e. The first-order chi connectivity index (χ1) is 17.6. The van der Waals surface area contributed by atoms with Crippen molar-refractivity contribution in [2.24, 2.45) is 0 Å². The number of nitrogens with zero attached hydrogens (tertiary/aromatic N) is 2. The van der Waals surface area contributed by atoms with Crippen LogP contribution in [0.5, 0.6) is 11.5 Å². The molecule has 1 N–H and O–H groups in total. The molecular formula is C27H37N3O6S. The van der Waals surface area contributed by atoms with Gasteiger partial charge in [0.1, 0.15) is 19.3 Å². The highest BCUT2D eigenvalue weighted by atomic mass is 32.2. The van der Waals surface area contributed by atoms with E-state index in [1.54, 1.807) is 30.0 Å². The second-order valence-electron chi connectivity index (χ2n) is 9.18. The van der Waals surface area contributed by atoms with Gasteiger partial charge in [-0.3, -0.25) is 13.9 Å². The summed E-state index contributed by atoms with van der Waals surface area (Å²) in [6.07, 6.45) is 2.31. The van der Waals surface area contributed by atoms with Crippen LogP contribution < -0.4 is 19.1 Å². The molecule has 1 aliphatic heterocycles. The molecule has 0 aliphatic carbocycles. The number of carbonyl (C=O) groups excluding carboxylic acids is 2. The summed E-state index contributed by atoms with van der Waals surface area (Å²) in [5.41, 5.74) is 2.44. The zero-order chi connectivity index (χ0) is 27.0. The van der Waals surface area contributed by atoms with Crippen molar-refractivity contribution in [2.45, 2.75) is 52.6 Å². The lowest BCUT2D eigenvalue weighted by molar-refractivity contribution is -0.140. The van der Waals surface area contributed by atoms with Gasteiger partial charge in [-0.05, 0) is 49.9 Å². The number of sulfonamides is 1. The molecule has 0 fully saturated rings. The summed E-state index contributed by atoms with van der Waals surface area (Å²) in [5, 5.41) is 2.87. The molecule has 0 aromatic heterocycles. The summed E-state index contributed by atoms with van der Waals surface area (Å²) in [5.74, 6) is 0.640. The molecule has 0 saturated carbocycles. The average Bonchev–Trinajstić information content (AvgIpc) is 2.87. The van der Waals surface area contributed by atoms with Crippen molar-refractivity contribution in [3.63, 3.8) is 0 Å². The van der Waals surface area contributed by atoms with Crippen LogP contribution in [-0.4, -0.2) is 63.7 Å². The lowest BCUT2D eigenvalue weighted by Crippen LogP contribution is -2.48. The average molecular weight is 532 g/mol. The third-order valence-electron chi connectivity index (χ3n) is 6.28. The molecule has 2 amide bonds. The Morgan fingerprint density at radius 2 is 1.78 bits per heavy atom. The Morgan fingerprint density at radius 3 is 2.46 bits per heavy atom. The van der Waals surface area contributed by atoms with E-state index >= 15 is 0 Å². The molecular weight excluding hydrogens is 494 g/mol. The van der Waals surface area contributed by atoms with E-state index in [9.17, 15) is 18.0 Å². The quantitative estimate of drug-likeness (QED) is 0.451. The Morgan fingerprint density at radius 1 is 1.08 bits per heavy atom. The number of benzene rings is 2. The Balaban J connectivity index is 1.73. The van der Waals surface area contributed by atoms with Gasteiger partial charge in [-0.15, -0.1) is 0 Å². The highest BCUT2D eigenvalue weighted by Gasteiger charge is 2.27. The van der Waals surface area contributed by atoms with Crippen LogP contribution in [0.15, 0.2) is 42.5 Å².